The predicted molar refractivity (Wildman–Crippen MR) is 120 cm³/mol. The fraction of sp³-hybridized carbons (Fsp3) is 0.125. The van der Waals surface area contributed by atoms with Gasteiger partial charge in [-0.15, -0.1) is 11.3 Å². The van der Waals surface area contributed by atoms with Gasteiger partial charge in [-0.3, -0.25) is 4.79 Å². The van der Waals surface area contributed by atoms with Crippen LogP contribution in [0.25, 0.3) is 21.5 Å². The highest BCUT2D eigenvalue weighted by Gasteiger charge is 2.17. The number of esters is 1. The number of pyridine rings is 1. The van der Waals surface area contributed by atoms with Gasteiger partial charge in [0.2, 0.25) is 0 Å². The summed E-state index contributed by atoms with van der Waals surface area (Å²) in [6, 6.07) is 20.0. The summed E-state index contributed by atoms with van der Waals surface area (Å²) in [6.45, 7) is 1.73. The molecule has 0 aliphatic carbocycles. The van der Waals surface area contributed by atoms with Crippen molar-refractivity contribution in [3.8, 4) is 10.6 Å². The minimum absolute atomic E-state index is 0.241. The van der Waals surface area contributed by atoms with Crippen LogP contribution in [-0.2, 0) is 11.2 Å². The third-order valence-electron chi connectivity index (χ3n) is 4.78. The Balaban J connectivity index is 1.59. The first-order valence-electron chi connectivity index (χ1n) is 9.50. The number of thiophene rings is 1. The van der Waals surface area contributed by atoms with Crippen molar-refractivity contribution in [3.05, 3.63) is 87.8 Å². The normalized spacial score (nSPS) is 10.9. The Morgan fingerprint density at radius 3 is 2.50 bits per heavy atom. The highest BCUT2D eigenvalue weighted by molar-refractivity contribution is 7.19. The molecule has 0 saturated heterocycles. The van der Waals surface area contributed by atoms with Crippen molar-refractivity contribution < 1.29 is 14.3 Å². The van der Waals surface area contributed by atoms with E-state index in [-0.39, 0.29) is 12.4 Å². The summed E-state index contributed by atoms with van der Waals surface area (Å²) in [4.78, 5) is 30.8. The lowest BCUT2D eigenvalue weighted by Crippen LogP contribution is -2.15. The largest absolute Gasteiger partial charge is 0.454 e. The number of aryl methyl sites for hydroxylation is 1. The van der Waals surface area contributed by atoms with Crippen molar-refractivity contribution in [1.82, 2.24) is 4.98 Å². The molecule has 4 aromatic rings. The molecule has 0 unspecified atom stereocenters. The number of Topliss-reactive ketones (excluding diaryl/α,β-unsaturated/α-hetero) is 1. The highest BCUT2D eigenvalue weighted by Crippen LogP contribution is 2.32. The number of para-hydroxylation sites is 1. The second-order valence-electron chi connectivity index (χ2n) is 6.73. The number of ether oxygens (including phenoxy) is 1. The molecule has 0 aliphatic rings. The van der Waals surface area contributed by atoms with E-state index in [1.807, 2.05) is 42.5 Å². The molecule has 4 nitrogen and oxygen atoms in total. The molecule has 6 heteroatoms. The van der Waals surface area contributed by atoms with Crippen molar-refractivity contribution in [1.29, 1.82) is 0 Å². The molecular weight excluding hydrogens is 418 g/mol. The van der Waals surface area contributed by atoms with E-state index in [2.05, 4.69) is 11.9 Å². The van der Waals surface area contributed by atoms with E-state index >= 15 is 0 Å². The Morgan fingerprint density at radius 1 is 1.03 bits per heavy atom. The number of rotatable bonds is 6. The van der Waals surface area contributed by atoms with Crippen molar-refractivity contribution in [3.63, 3.8) is 0 Å². The van der Waals surface area contributed by atoms with Crippen LogP contribution < -0.4 is 0 Å². The van der Waals surface area contributed by atoms with Crippen LogP contribution >= 0.6 is 22.9 Å². The summed E-state index contributed by atoms with van der Waals surface area (Å²) in [5.41, 5.74) is 3.35. The molecule has 0 saturated carbocycles. The van der Waals surface area contributed by atoms with Gasteiger partial charge in [0.05, 0.1) is 26.0 Å². The first-order valence-corrected chi connectivity index (χ1v) is 10.7. The van der Waals surface area contributed by atoms with Gasteiger partial charge in [-0.1, -0.05) is 61.0 Å². The van der Waals surface area contributed by atoms with Crippen LogP contribution in [0.1, 0.15) is 33.2 Å². The molecule has 2 heterocycles. The predicted octanol–water partition coefficient (Wildman–Crippen LogP) is 6.22. The smallest absolute Gasteiger partial charge is 0.339 e. The Hall–Kier alpha value is -3.02. The molecule has 4 rings (SSSR count). The van der Waals surface area contributed by atoms with Gasteiger partial charge in [0.15, 0.2) is 12.4 Å². The molecule has 2 aromatic heterocycles. The maximum absolute atomic E-state index is 12.9. The van der Waals surface area contributed by atoms with Crippen LogP contribution in [-0.4, -0.2) is 23.3 Å². The summed E-state index contributed by atoms with van der Waals surface area (Å²) in [7, 11) is 0. The average molecular weight is 436 g/mol. The van der Waals surface area contributed by atoms with Crippen LogP contribution in [0, 0.1) is 0 Å². The summed E-state index contributed by atoms with van der Waals surface area (Å²) < 4.78 is 6.01. The molecule has 150 valence electrons. The Labute approximate surface area is 183 Å². The fourth-order valence-electron chi connectivity index (χ4n) is 3.14. The lowest BCUT2D eigenvalue weighted by atomic mass is 10.1. The molecule has 0 spiro atoms. The van der Waals surface area contributed by atoms with E-state index in [1.165, 1.54) is 11.3 Å². The number of carbonyl (C=O) groups excluding carboxylic acids is 2. The molecule has 0 amide bonds. The minimum Gasteiger partial charge on any atom is -0.454 e. The van der Waals surface area contributed by atoms with Gasteiger partial charge in [-0.25, -0.2) is 9.78 Å². The monoisotopic (exact) mass is 435 g/mol. The van der Waals surface area contributed by atoms with Crippen molar-refractivity contribution in [2.24, 2.45) is 0 Å². The van der Waals surface area contributed by atoms with Crippen molar-refractivity contribution in [2.45, 2.75) is 13.3 Å². The van der Waals surface area contributed by atoms with Gasteiger partial charge < -0.3 is 4.74 Å². The molecule has 30 heavy (non-hydrogen) atoms. The van der Waals surface area contributed by atoms with Crippen LogP contribution in [0.4, 0.5) is 0 Å². The van der Waals surface area contributed by atoms with Gasteiger partial charge in [0.25, 0.3) is 0 Å². The van der Waals surface area contributed by atoms with Crippen LogP contribution in [0.5, 0.6) is 0 Å². The first kappa shape index (κ1) is 20.3. The Kier molecular flexibility index (Phi) is 5.93. The van der Waals surface area contributed by atoms with E-state index in [1.54, 1.807) is 24.3 Å². The van der Waals surface area contributed by atoms with Crippen molar-refractivity contribution >= 4 is 45.6 Å². The summed E-state index contributed by atoms with van der Waals surface area (Å²) in [5, 5.41) is 0.675. The van der Waals surface area contributed by atoms with Crippen LogP contribution in [0.15, 0.2) is 66.7 Å². The fourth-order valence-corrected chi connectivity index (χ4v) is 4.14. The molecule has 0 fully saturated rings. The molecule has 0 bridgehead atoms. The number of aromatic nitrogens is 1. The third kappa shape index (κ3) is 4.27. The van der Waals surface area contributed by atoms with Gasteiger partial charge >= 0.3 is 5.97 Å². The molecule has 0 aliphatic heterocycles. The number of nitrogens with zero attached hydrogens (tertiary/aromatic N) is 1. The summed E-state index contributed by atoms with van der Waals surface area (Å²) in [5.74, 6) is -0.800. The number of ketones is 1. The molecular formula is C24H18ClNO3S. The zero-order chi connectivity index (χ0) is 21.1. The number of hydrogen-bond acceptors (Lipinski definition) is 5. The quantitative estimate of drug-likeness (QED) is 0.266. The maximum atomic E-state index is 12.9. The lowest BCUT2D eigenvalue weighted by molar-refractivity contribution is 0.0476. The Bertz CT molecular complexity index is 1230. The zero-order valence-electron chi connectivity index (χ0n) is 16.2. The van der Waals surface area contributed by atoms with Gasteiger partial charge in [0, 0.05) is 10.9 Å². The number of fused-ring (bicyclic) bond motifs is 1. The lowest BCUT2D eigenvalue weighted by Gasteiger charge is -2.09. The third-order valence-corrected chi connectivity index (χ3v) is 6.03. The van der Waals surface area contributed by atoms with E-state index < -0.39 is 5.97 Å². The van der Waals surface area contributed by atoms with Gasteiger partial charge in [-0.2, -0.15) is 0 Å². The molecule has 0 radical (unpaired) electrons. The summed E-state index contributed by atoms with van der Waals surface area (Å²) in [6.07, 6.45) is 0.899. The van der Waals surface area contributed by atoms with E-state index in [0.717, 1.165) is 16.9 Å². The SMILES string of the molecule is CCc1ccc(C(=O)COC(=O)c2cc(-c3ccc(Cl)s3)nc3ccccc23)cc1. The zero-order valence-corrected chi connectivity index (χ0v) is 17.8. The number of hydrogen-bond donors (Lipinski definition) is 0. The first-order chi connectivity index (χ1) is 14.5. The molecule has 2 aromatic carbocycles. The molecule has 0 N–H and O–H groups in total. The van der Waals surface area contributed by atoms with E-state index in [4.69, 9.17) is 16.3 Å². The number of benzene rings is 2. The molecule has 0 atom stereocenters. The number of carbonyl (C=O) groups is 2. The second kappa shape index (κ2) is 8.78. The van der Waals surface area contributed by atoms with E-state index in [0.29, 0.717) is 32.1 Å². The Morgan fingerprint density at radius 2 is 1.80 bits per heavy atom. The van der Waals surface area contributed by atoms with Crippen molar-refractivity contribution in [2.75, 3.05) is 6.61 Å². The maximum Gasteiger partial charge on any atom is 0.339 e. The van der Waals surface area contributed by atoms with Crippen LogP contribution in [0.3, 0.4) is 0 Å². The average Bonchev–Trinajstić information content (AvgIpc) is 3.22. The van der Waals surface area contributed by atoms with Crippen LogP contribution in [0.2, 0.25) is 4.34 Å². The van der Waals surface area contributed by atoms with Gasteiger partial charge in [-0.05, 0) is 36.2 Å². The topological polar surface area (TPSA) is 56.3 Å². The van der Waals surface area contributed by atoms with Gasteiger partial charge in [0.1, 0.15) is 0 Å². The summed E-state index contributed by atoms with van der Waals surface area (Å²) >= 11 is 7.44. The standard InChI is InChI=1S/C24H18ClNO3S/c1-2-15-7-9-16(10-8-15)21(27)14-29-24(28)18-13-20(22-11-12-23(25)30-22)26-19-6-4-3-5-17(18)19/h3-13H,2,14H2,1H3. The minimum atomic E-state index is -0.559. The second-order valence-corrected chi connectivity index (χ2v) is 8.44. The highest BCUT2D eigenvalue weighted by atomic mass is 35.5. The number of halogens is 1. The van der Waals surface area contributed by atoms with E-state index in [9.17, 15) is 9.59 Å².